The van der Waals surface area contributed by atoms with E-state index in [4.69, 9.17) is 4.74 Å². The zero-order valence-electron chi connectivity index (χ0n) is 16.3. The van der Waals surface area contributed by atoms with Crippen LogP contribution in [0.5, 0.6) is 11.6 Å². The van der Waals surface area contributed by atoms with Gasteiger partial charge in [-0.15, -0.1) is 0 Å². The molecule has 1 N–H and O–H groups in total. The van der Waals surface area contributed by atoms with Gasteiger partial charge >= 0.3 is 6.18 Å². The van der Waals surface area contributed by atoms with Crippen LogP contribution >= 0.6 is 0 Å². The number of aromatic hydroxyl groups is 1. The molecular formula is C17H26F3N3O4S. The molecule has 0 spiro atoms. The Bertz CT molecular complexity index is 799. The fraction of sp³-hybridized carbons (Fsp3) is 0.706. The van der Waals surface area contributed by atoms with E-state index in [9.17, 15) is 26.7 Å². The summed E-state index contributed by atoms with van der Waals surface area (Å²) in [6.45, 7) is 4.56. The van der Waals surface area contributed by atoms with Gasteiger partial charge in [0, 0.05) is 31.8 Å². The average molecular weight is 425 g/mol. The van der Waals surface area contributed by atoms with Crippen molar-refractivity contribution in [2.45, 2.75) is 51.4 Å². The van der Waals surface area contributed by atoms with E-state index in [0.717, 1.165) is 27.9 Å². The second-order valence-electron chi connectivity index (χ2n) is 7.51. The Balaban J connectivity index is 2.36. The molecule has 1 aliphatic heterocycles. The van der Waals surface area contributed by atoms with Gasteiger partial charge in [-0.05, 0) is 20.3 Å². The second-order valence-corrected chi connectivity index (χ2v) is 9.49. The van der Waals surface area contributed by atoms with Crippen LogP contribution in [0, 0.1) is 0 Å². The van der Waals surface area contributed by atoms with Crippen LogP contribution < -0.4 is 9.64 Å². The molecule has 0 aromatic carbocycles. The van der Waals surface area contributed by atoms with Gasteiger partial charge in [-0.1, -0.05) is 13.3 Å². The van der Waals surface area contributed by atoms with E-state index < -0.39 is 34.4 Å². The van der Waals surface area contributed by atoms with E-state index in [2.05, 4.69) is 4.98 Å². The van der Waals surface area contributed by atoms with Gasteiger partial charge in [0.05, 0.1) is 6.26 Å². The summed E-state index contributed by atoms with van der Waals surface area (Å²) >= 11 is 0. The minimum atomic E-state index is -4.68. The molecule has 28 heavy (non-hydrogen) atoms. The number of sulfonamides is 1. The Morgan fingerprint density at radius 3 is 2.46 bits per heavy atom. The molecule has 0 saturated carbocycles. The SMILES string of the molecule is CCCC(C)(C)Oc1cc(O)cc(N2CCN(S(C)(=O)=O)CC2C(F)(F)F)n1. The molecule has 0 amide bonds. The zero-order chi connectivity index (χ0) is 21.3. The highest BCUT2D eigenvalue weighted by atomic mass is 32.2. The van der Waals surface area contributed by atoms with E-state index in [1.54, 1.807) is 0 Å². The van der Waals surface area contributed by atoms with Gasteiger partial charge in [0.25, 0.3) is 0 Å². The molecule has 0 radical (unpaired) electrons. The number of anilines is 1. The largest absolute Gasteiger partial charge is 0.508 e. The van der Waals surface area contributed by atoms with Crippen LogP contribution in [-0.2, 0) is 10.0 Å². The lowest BCUT2D eigenvalue weighted by atomic mass is 10.0. The number of alkyl halides is 3. The average Bonchev–Trinajstić information content (AvgIpc) is 2.51. The molecule has 1 aromatic rings. The normalized spacial score (nSPS) is 19.7. The first-order valence-corrected chi connectivity index (χ1v) is 10.8. The van der Waals surface area contributed by atoms with Crippen molar-refractivity contribution in [2.75, 3.05) is 30.8 Å². The molecule has 2 heterocycles. The second kappa shape index (κ2) is 7.94. The van der Waals surface area contributed by atoms with Crippen LogP contribution in [0.15, 0.2) is 12.1 Å². The maximum absolute atomic E-state index is 13.6. The van der Waals surface area contributed by atoms with E-state index in [-0.39, 0.29) is 30.5 Å². The van der Waals surface area contributed by atoms with Crippen LogP contribution in [0.2, 0.25) is 0 Å². The van der Waals surface area contributed by atoms with E-state index in [0.29, 0.717) is 6.42 Å². The van der Waals surface area contributed by atoms with Crippen molar-refractivity contribution < 1.29 is 31.4 Å². The monoisotopic (exact) mass is 425 g/mol. The molecule has 0 bridgehead atoms. The number of pyridine rings is 1. The molecule has 1 unspecified atom stereocenters. The van der Waals surface area contributed by atoms with E-state index in [1.807, 2.05) is 20.8 Å². The summed E-state index contributed by atoms with van der Waals surface area (Å²) in [6.07, 6.45) is -2.27. The van der Waals surface area contributed by atoms with Crippen LogP contribution in [0.4, 0.5) is 19.0 Å². The molecule has 0 aliphatic carbocycles. The minimum Gasteiger partial charge on any atom is -0.508 e. The predicted molar refractivity (Wildman–Crippen MR) is 99.1 cm³/mol. The number of ether oxygens (including phenoxy) is 1. The molecule has 2 rings (SSSR count). The van der Waals surface area contributed by atoms with Gasteiger partial charge in [-0.25, -0.2) is 8.42 Å². The summed E-state index contributed by atoms with van der Waals surface area (Å²) in [6, 6.07) is 0.284. The lowest BCUT2D eigenvalue weighted by molar-refractivity contribution is -0.153. The van der Waals surface area contributed by atoms with Gasteiger partial charge in [0.2, 0.25) is 15.9 Å². The Morgan fingerprint density at radius 2 is 1.93 bits per heavy atom. The number of hydrogen-bond acceptors (Lipinski definition) is 6. The first kappa shape index (κ1) is 22.5. The van der Waals surface area contributed by atoms with Crippen LogP contribution in [0.25, 0.3) is 0 Å². The number of aromatic nitrogens is 1. The summed E-state index contributed by atoms with van der Waals surface area (Å²) < 4.78 is 70.8. The third-order valence-electron chi connectivity index (χ3n) is 4.49. The molecular weight excluding hydrogens is 399 g/mol. The maximum atomic E-state index is 13.6. The number of nitrogens with zero attached hydrogens (tertiary/aromatic N) is 3. The van der Waals surface area contributed by atoms with Crippen LogP contribution in [-0.4, -0.2) is 66.5 Å². The highest BCUT2D eigenvalue weighted by molar-refractivity contribution is 7.88. The fourth-order valence-corrected chi connectivity index (χ4v) is 4.05. The highest BCUT2D eigenvalue weighted by Gasteiger charge is 2.48. The zero-order valence-corrected chi connectivity index (χ0v) is 17.1. The Hall–Kier alpha value is -1.75. The third-order valence-corrected chi connectivity index (χ3v) is 5.76. The number of hydrogen-bond donors (Lipinski definition) is 1. The Kier molecular flexibility index (Phi) is 6.39. The van der Waals surface area contributed by atoms with Crippen LogP contribution in [0.3, 0.4) is 0 Å². The summed E-state index contributed by atoms with van der Waals surface area (Å²) in [5, 5.41) is 9.99. The first-order valence-electron chi connectivity index (χ1n) is 8.91. The lowest BCUT2D eigenvalue weighted by Crippen LogP contribution is -2.60. The molecule has 1 aliphatic rings. The number of rotatable bonds is 6. The van der Waals surface area contributed by atoms with Gasteiger partial charge in [0.15, 0.2) is 0 Å². The third kappa shape index (κ3) is 5.63. The van der Waals surface area contributed by atoms with E-state index >= 15 is 0 Å². The van der Waals surface area contributed by atoms with Crippen molar-refractivity contribution in [3.05, 3.63) is 12.1 Å². The highest BCUT2D eigenvalue weighted by Crippen LogP contribution is 2.34. The molecule has 1 saturated heterocycles. The summed E-state index contributed by atoms with van der Waals surface area (Å²) in [4.78, 5) is 5.11. The predicted octanol–water partition coefficient (Wildman–Crippen LogP) is 2.76. The van der Waals surface area contributed by atoms with Gasteiger partial charge in [-0.3, -0.25) is 0 Å². The van der Waals surface area contributed by atoms with E-state index in [1.165, 1.54) is 6.07 Å². The lowest BCUT2D eigenvalue weighted by Gasteiger charge is -2.41. The van der Waals surface area contributed by atoms with Crippen molar-refractivity contribution in [1.29, 1.82) is 0 Å². The van der Waals surface area contributed by atoms with Crippen LogP contribution in [0.1, 0.15) is 33.6 Å². The molecule has 7 nitrogen and oxygen atoms in total. The quantitative estimate of drug-likeness (QED) is 0.755. The standard InChI is InChI=1S/C17H26F3N3O4S/c1-5-6-16(2,3)27-15-10-12(24)9-14(21-15)23-8-7-22(28(4,25)26)11-13(23)17(18,19)20/h9-10,13H,5-8,11H2,1-4H3,(H,21,24). The smallest absolute Gasteiger partial charge is 0.410 e. The van der Waals surface area contributed by atoms with Gasteiger partial charge < -0.3 is 14.7 Å². The van der Waals surface area contributed by atoms with Crippen molar-refractivity contribution in [1.82, 2.24) is 9.29 Å². The molecule has 1 atom stereocenters. The minimum absolute atomic E-state index is 0.0138. The summed E-state index contributed by atoms with van der Waals surface area (Å²) in [5.41, 5.74) is -0.606. The topological polar surface area (TPSA) is 83.0 Å². The van der Waals surface area contributed by atoms with Crippen molar-refractivity contribution >= 4 is 15.8 Å². The molecule has 11 heteroatoms. The summed E-state index contributed by atoms with van der Waals surface area (Å²) in [5.74, 6) is -0.378. The van der Waals surface area contributed by atoms with Crippen molar-refractivity contribution in [3.63, 3.8) is 0 Å². The molecule has 1 fully saturated rings. The van der Waals surface area contributed by atoms with Crippen molar-refractivity contribution in [2.24, 2.45) is 0 Å². The summed E-state index contributed by atoms with van der Waals surface area (Å²) in [7, 11) is -3.76. The number of halogens is 3. The Morgan fingerprint density at radius 1 is 1.29 bits per heavy atom. The fourth-order valence-electron chi connectivity index (χ4n) is 3.23. The number of piperazine rings is 1. The molecule has 160 valence electrons. The van der Waals surface area contributed by atoms with Crippen molar-refractivity contribution in [3.8, 4) is 11.6 Å². The van der Waals surface area contributed by atoms with Gasteiger partial charge in [0.1, 0.15) is 23.2 Å². The molecule has 1 aromatic heterocycles. The van der Waals surface area contributed by atoms with Gasteiger partial charge in [-0.2, -0.15) is 22.5 Å². The maximum Gasteiger partial charge on any atom is 0.410 e. The first-order chi connectivity index (χ1) is 12.7. The Labute approximate surface area is 163 Å².